The van der Waals surface area contributed by atoms with Crippen LogP contribution in [0.25, 0.3) is 11.3 Å². The highest BCUT2D eigenvalue weighted by atomic mass is 32.1. The SMILES string of the molecule is Cc1cc(-c2cncnc2C2CCN(C(=O)c3cnsc3)CC2)on1. The Balaban J connectivity index is 1.51. The lowest BCUT2D eigenvalue weighted by atomic mass is 9.90. The van der Waals surface area contributed by atoms with Crippen molar-refractivity contribution in [3.8, 4) is 11.3 Å². The summed E-state index contributed by atoms with van der Waals surface area (Å²) < 4.78 is 9.40. The summed E-state index contributed by atoms with van der Waals surface area (Å²) in [6, 6.07) is 1.89. The Morgan fingerprint density at radius 2 is 2.16 bits per heavy atom. The molecular weight excluding hydrogens is 338 g/mol. The molecule has 7 nitrogen and oxygen atoms in total. The smallest absolute Gasteiger partial charge is 0.256 e. The largest absolute Gasteiger partial charge is 0.356 e. The summed E-state index contributed by atoms with van der Waals surface area (Å²) in [6.07, 6.45) is 6.70. The predicted molar refractivity (Wildman–Crippen MR) is 92.3 cm³/mol. The van der Waals surface area contributed by atoms with Crippen molar-refractivity contribution >= 4 is 17.4 Å². The van der Waals surface area contributed by atoms with E-state index in [1.807, 2.05) is 17.9 Å². The zero-order valence-corrected chi connectivity index (χ0v) is 14.6. The van der Waals surface area contributed by atoms with E-state index in [9.17, 15) is 4.79 Å². The van der Waals surface area contributed by atoms with Gasteiger partial charge in [0.05, 0.1) is 28.7 Å². The summed E-state index contributed by atoms with van der Waals surface area (Å²) in [5.41, 5.74) is 3.35. The molecular formula is C17H17N5O2S. The van der Waals surface area contributed by atoms with E-state index in [-0.39, 0.29) is 11.8 Å². The van der Waals surface area contributed by atoms with Crippen LogP contribution in [0.15, 0.2) is 34.7 Å². The first kappa shape index (κ1) is 15.9. The van der Waals surface area contributed by atoms with Crippen LogP contribution in [0.2, 0.25) is 0 Å². The molecule has 0 aliphatic carbocycles. The molecule has 1 amide bonds. The molecule has 3 aromatic rings. The zero-order chi connectivity index (χ0) is 17.2. The molecule has 4 heterocycles. The minimum absolute atomic E-state index is 0.0565. The van der Waals surface area contributed by atoms with Crippen molar-refractivity contribution in [2.75, 3.05) is 13.1 Å². The first-order chi connectivity index (χ1) is 12.2. The van der Waals surface area contributed by atoms with Crippen LogP contribution in [0, 0.1) is 6.92 Å². The van der Waals surface area contributed by atoms with E-state index >= 15 is 0 Å². The molecule has 0 N–H and O–H groups in total. The average Bonchev–Trinajstić information content (AvgIpc) is 3.33. The van der Waals surface area contributed by atoms with Gasteiger partial charge in [0.25, 0.3) is 5.91 Å². The van der Waals surface area contributed by atoms with Gasteiger partial charge in [0, 0.05) is 36.7 Å². The lowest BCUT2D eigenvalue weighted by Crippen LogP contribution is -2.38. The van der Waals surface area contributed by atoms with Crippen molar-refractivity contribution in [2.45, 2.75) is 25.7 Å². The standard InChI is InChI=1S/C17H17N5O2S/c1-11-6-15(24-21-11)14-8-18-10-19-16(14)12-2-4-22(5-3-12)17(23)13-7-20-25-9-13/h6-10,12H,2-5H2,1H3. The molecule has 0 aromatic carbocycles. The molecule has 1 saturated heterocycles. The van der Waals surface area contributed by atoms with Crippen LogP contribution in [0.1, 0.15) is 40.5 Å². The maximum Gasteiger partial charge on any atom is 0.256 e. The minimum atomic E-state index is 0.0565. The maximum absolute atomic E-state index is 12.4. The molecule has 0 spiro atoms. The zero-order valence-electron chi connectivity index (χ0n) is 13.8. The van der Waals surface area contributed by atoms with Crippen LogP contribution in [0.4, 0.5) is 0 Å². The molecule has 1 fully saturated rings. The number of likely N-dealkylation sites (tertiary alicyclic amines) is 1. The average molecular weight is 355 g/mol. The molecule has 25 heavy (non-hydrogen) atoms. The lowest BCUT2D eigenvalue weighted by Gasteiger charge is -2.32. The maximum atomic E-state index is 12.4. The van der Waals surface area contributed by atoms with Crippen LogP contribution in [-0.4, -0.2) is 43.4 Å². The van der Waals surface area contributed by atoms with Gasteiger partial charge in [-0.1, -0.05) is 5.16 Å². The molecule has 0 atom stereocenters. The van der Waals surface area contributed by atoms with Gasteiger partial charge in [-0.05, 0) is 31.3 Å². The molecule has 1 aliphatic heterocycles. The number of hydrogen-bond donors (Lipinski definition) is 0. The summed E-state index contributed by atoms with van der Waals surface area (Å²) >= 11 is 1.30. The second-order valence-electron chi connectivity index (χ2n) is 6.13. The molecule has 4 rings (SSSR count). The van der Waals surface area contributed by atoms with Crippen molar-refractivity contribution in [1.82, 2.24) is 24.4 Å². The third-order valence-corrected chi connectivity index (χ3v) is 5.07. The van der Waals surface area contributed by atoms with E-state index in [2.05, 4.69) is 19.5 Å². The summed E-state index contributed by atoms with van der Waals surface area (Å²) in [5, 5.41) is 5.75. The molecule has 0 radical (unpaired) electrons. The van der Waals surface area contributed by atoms with Gasteiger partial charge in [-0.3, -0.25) is 4.79 Å². The van der Waals surface area contributed by atoms with Gasteiger partial charge in [-0.2, -0.15) is 0 Å². The Kier molecular flexibility index (Phi) is 4.27. The van der Waals surface area contributed by atoms with Crippen molar-refractivity contribution in [3.63, 3.8) is 0 Å². The van der Waals surface area contributed by atoms with E-state index < -0.39 is 0 Å². The first-order valence-corrected chi connectivity index (χ1v) is 8.98. The molecule has 8 heteroatoms. The summed E-state index contributed by atoms with van der Waals surface area (Å²) in [5.74, 6) is 1.02. The Morgan fingerprint density at radius 3 is 2.84 bits per heavy atom. The number of aryl methyl sites for hydroxylation is 1. The Morgan fingerprint density at radius 1 is 1.32 bits per heavy atom. The molecule has 3 aromatic heterocycles. The molecule has 0 unspecified atom stereocenters. The van der Waals surface area contributed by atoms with Gasteiger partial charge in [0.1, 0.15) is 6.33 Å². The highest BCUT2D eigenvalue weighted by Crippen LogP contribution is 2.34. The molecule has 0 bridgehead atoms. The fraction of sp³-hybridized carbons (Fsp3) is 0.353. The predicted octanol–water partition coefficient (Wildman–Crippen LogP) is 2.92. The number of piperidine rings is 1. The van der Waals surface area contributed by atoms with E-state index in [1.165, 1.54) is 11.5 Å². The summed E-state index contributed by atoms with van der Waals surface area (Å²) in [6.45, 7) is 3.30. The molecule has 128 valence electrons. The number of nitrogens with zero attached hydrogens (tertiary/aromatic N) is 5. The fourth-order valence-corrected chi connectivity index (χ4v) is 3.70. The Labute approximate surface area is 148 Å². The number of rotatable bonds is 3. The lowest BCUT2D eigenvalue weighted by molar-refractivity contribution is 0.0712. The van der Waals surface area contributed by atoms with E-state index in [1.54, 1.807) is 24.1 Å². The molecule has 0 saturated carbocycles. The number of carbonyl (C=O) groups excluding carboxylic acids is 1. The van der Waals surface area contributed by atoms with Gasteiger partial charge < -0.3 is 9.42 Å². The topological polar surface area (TPSA) is 85.0 Å². The second kappa shape index (κ2) is 6.72. The monoisotopic (exact) mass is 355 g/mol. The van der Waals surface area contributed by atoms with E-state index in [0.717, 1.165) is 29.8 Å². The summed E-state index contributed by atoms with van der Waals surface area (Å²) in [4.78, 5) is 23.0. The normalized spacial score (nSPS) is 15.5. The van der Waals surface area contributed by atoms with E-state index in [4.69, 9.17) is 4.52 Å². The Hall–Kier alpha value is -2.61. The van der Waals surface area contributed by atoms with Crippen LogP contribution >= 0.6 is 11.5 Å². The number of aromatic nitrogens is 4. The van der Waals surface area contributed by atoms with Crippen LogP contribution in [0.3, 0.4) is 0 Å². The van der Waals surface area contributed by atoms with Crippen LogP contribution < -0.4 is 0 Å². The third-order valence-electron chi connectivity index (χ3n) is 4.48. The number of hydrogen-bond acceptors (Lipinski definition) is 7. The van der Waals surface area contributed by atoms with Gasteiger partial charge in [0.15, 0.2) is 5.76 Å². The number of amides is 1. The third kappa shape index (κ3) is 3.17. The Bertz CT molecular complexity index is 869. The van der Waals surface area contributed by atoms with Gasteiger partial charge >= 0.3 is 0 Å². The van der Waals surface area contributed by atoms with E-state index in [0.29, 0.717) is 24.4 Å². The fourth-order valence-electron chi connectivity index (χ4n) is 3.19. The first-order valence-electron chi connectivity index (χ1n) is 8.14. The van der Waals surface area contributed by atoms with Crippen molar-refractivity contribution < 1.29 is 9.32 Å². The second-order valence-corrected chi connectivity index (χ2v) is 6.79. The van der Waals surface area contributed by atoms with Crippen molar-refractivity contribution in [2.24, 2.45) is 0 Å². The minimum Gasteiger partial charge on any atom is -0.356 e. The van der Waals surface area contributed by atoms with Gasteiger partial charge in [-0.15, -0.1) is 0 Å². The summed E-state index contributed by atoms with van der Waals surface area (Å²) in [7, 11) is 0. The number of carbonyl (C=O) groups is 1. The highest BCUT2D eigenvalue weighted by Gasteiger charge is 2.28. The van der Waals surface area contributed by atoms with Crippen LogP contribution in [0.5, 0.6) is 0 Å². The van der Waals surface area contributed by atoms with Crippen molar-refractivity contribution in [1.29, 1.82) is 0 Å². The van der Waals surface area contributed by atoms with Crippen LogP contribution in [-0.2, 0) is 0 Å². The molecule has 1 aliphatic rings. The van der Waals surface area contributed by atoms with Gasteiger partial charge in [-0.25, -0.2) is 14.3 Å². The quantitative estimate of drug-likeness (QED) is 0.718. The van der Waals surface area contributed by atoms with Crippen molar-refractivity contribution in [3.05, 3.63) is 47.1 Å². The highest BCUT2D eigenvalue weighted by molar-refractivity contribution is 7.03. The van der Waals surface area contributed by atoms with Gasteiger partial charge in [0.2, 0.25) is 0 Å².